The quantitative estimate of drug-likeness (QED) is 0.662. The summed E-state index contributed by atoms with van der Waals surface area (Å²) in [7, 11) is 0. The number of thiophene rings is 1. The fourth-order valence-electron chi connectivity index (χ4n) is 1.91. The maximum absolute atomic E-state index is 13.8. The lowest BCUT2D eigenvalue weighted by atomic mass is 10.1. The molecule has 0 radical (unpaired) electrons. The van der Waals surface area contributed by atoms with E-state index in [0.717, 1.165) is 16.0 Å². The number of aryl methyl sites for hydroxylation is 3. The number of alkyl halides is 1. The van der Waals surface area contributed by atoms with Gasteiger partial charge in [0.2, 0.25) is 0 Å². The van der Waals surface area contributed by atoms with Crippen LogP contribution in [0.15, 0.2) is 24.3 Å². The fourth-order valence-corrected chi connectivity index (χ4v) is 3.42. The van der Waals surface area contributed by atoms with Crippen molar-refractivity contribution in [1.82, 2.24) is 0 Å². The zero-order valence-corrected chi connectivity index (χ0v) is 11.6. The third-order valence-electron chi connectivity index (χ3n) is 2.73. The van der Waals surface area contributed by atoms with Crippen LogP contribution in [-0.4, -0.2) is 0 Å². The van der Waals surface area contributed by atoms with Crippen molar-refractivity contribution in [3.63, 3.8) is 0 Å². The van der Waals surface area contributed by atoms with Crippen molar-refractivity contribution < 1.29 is 4.39 Å². The first-order valence-electron chi connectivity index (χ1n) is 5.46. The summed E-state index contributed by atoms with van der Waals surface area (Å²) in [5.41, 5.74) is 2.73. The highest BCUT2D eigenvalue weighted by Crippen LogP contribution is 2.37. The molecular formula is C14H14ClFS. The number of hydrogen-bond donors (Lipinski definition) is 0. The molecule has 1 heterocycles. The molecule has 0 fully saturated rings. The van der Waals surface area contributed by atoms with Crippen LogP contribution in [0.3, 0.4) is 0 Å². The summed E-state index contributed by atoms with van der Waals surface area (Å²) < 4.78 is 13.8. The zero-order chi connectivity index (χ0) is 12.6. The highest BCUT2D eigenvalue weighted by Gasteiger charge is 2.19. The second-order valence-corrected chi connectivity index (χ2v) is 6.02. The molecule has 3 heteroatoms. The number of hydrogen-bond acceptors (Lipinski definition) is 1. The molecule has 0 aliphatic rings. The number of rotatable bonds is 2. The van der Waals surface area contributed by atoms with Crippen LogP contribution in [-0.2, 0) is 0 Å². The third-order valence-corrected chi connectivity index (χ3v) is 4.53. The largest absolute Gasteiger partial charge is 0.207 e. The molecule has 0 spiro atoms. The van der Waals surface area contributed by atoms with Crippen molar-refractivity contribution >= 4 is 22.9 Å². The minimum Gasteiger partial charge on any atom is -0.207 e. The van der Waals surface area contributed by atoms with Crippen LogP contribution in [0.25, 0.3) is 0 Å². The van der Waals surface area contributed by atoms with Gasteiger partial charge >= 0.3 is 0 Å². The van der Waals surface area contributed by atoms with Gasteiger partial charge in [-0.15, -0.1) is 22.9 Å². The highest BCUT2D eigenvalue weighted by molar-refractivity contribution is 7.12. The summed E-state index contributed by atoms with van der Waals surface area (Å²) >= 11 is 8.03. The average molecular weight is 269 g/mol. The molecule has 0 N–H and O–H groups in total. The Hall–Kier alpha value is -0.860. The van der Waals surface area contributed by atoms with Gasteiger partial charge in [0.05, 0.1) is 5.38 Å². The van der Waals surface area contributed by atoms with Gasteiger partial charge < -0.3 is 0 Å². The van der Waals surface area contributed by atoms with E-state index < -0.39 is 5.38 Å². The van der Waals surface area contributed by atoms with E-state index in [1.54, 1.807) is 17.4 Å². The molecule has 0 aliphatic heterocycles. The van der Waals surface area contributed by atoms with Gasteiger partial charge in [0, 0.05) is 15.3 Å². The smallest absolute Gasteiger partial charge is 0.128 e. The van der Waals surface area contributed by atoms with E-state index in [-0.39, 0.29) is 5.82 Å². The summed E-state index contributed by atoms with van der Waals surface area (Å²) in [4.78, 5) is 2.24. The topological polar surface area (TPSA) is 0 Å². The second-order valence-electron chi connectivity index (χ2n) is 4.29. The predicted molar refractivity (Wildman–Crippen MR) is 72.6 cm³/mol. The summed E-state index contributed by atoms with van der Waals surface area (Å²) in [6, 6.07) is 7.15. The van der Waals surface area contributed by atoms with Crippen molar-refractivity contribution in [2.75, 3.05) is 0 Å². The standard InChI is InChI=1S/C14H14ClFS/c1-8-4-5-12(16)11(6-8)13(15)14-9(2)7-10(3)17-14/h4-7,13H,1-3H3. The lowest BCUT2D eigenvalue weighted by Crippen LogP contribution is -1.97. The Balaban J connectivity index is 2.46. The molecule has 0 amide bonds. The van der Waals surface area contributed by atoms with Crippen molar-refractivity contribution in [3.05, 3.63) is 56.5 Å². The molecular weight excluding hydrogens is 255 g/mol. The summed E-state index contributed by atoms with van der Waals surface area (Å²) in [6.07, 6.45) is 0. The summed E-state index contributed by atoms with van der Waals surface area (Å²) in [5.74, 6) is -0.235. The van der Waals surface area contributed by atoms with Crippen molar-refractivity contribution in [2.24, 2.45) is 0 Å². The lowest BCUT2D eigenvalue weighted by molar-refractivity contribution is 0.612. The van der Waals surface area contributed by atoms with Crippen molar-refractivity contribution in [2.45, 2.75) is 26.1 Å². The summed E-state index contributed by atoms with van der Waals surface area (Å²) in [6.45, 7) is 6.00. The zero-order valence-electron chi connectivity index (χ0n) is 10.1. The van der Waals surface area contributed by atoms with Crippen LogP contribution in [0.2, 0.25) is 0 Å². The van der Waals surface area contributed by atoms with Crippen molar-refractivity contribution in [1.29, 1.82) is 0 Å². The Labute approximate surface area is 110 Å². The molecule has 1 unspecified atom stereocenters. The monoisotopic (exact) mass is 268 g/mol. The molecule has 0 aliphatic carbocycles. The first-order valence-corrected chi connectivity index (χ1v) is 6.71. The molecule has 0 saturated heterocycles. The Morgan fingerprint density at radius 2 is 1.88 bits per heavy atom. The number of benzene rings is 1. The lowest BCUT2D eigenvalue weighted by Gasteiger charge is -2.11. The molecule has 17 heavy (non-hydrogen) atoms. The van der Waals surface area contributed by atoms with Crippen LogP contribution in [0, 0.1) is 26.6 Å². The molecule has 0 bridgehead atoms. The van der Waals surface area contributed by atoms with Crippen LogP contribution in [0.4, 0.5) is 4.39 Å². The van der Waals surface area contributed by atoms with Gasteiger partial charge in [-0.2, -0.15) is 0 Å². The van der Waals surface area contributed by atoms with E-state index in [0.29, 0.717) is 5.56 Å². The van der Waals surface area contributed by atoms with Gasteiger partial charge in [0.15, 0.2) is 0 Å². The molecule has 1 atom stereocenters. The van der Waals surface area contributed by atoms with Gasteiger partial charge in [0.25, 0.3) is 0 Å². The SMILES string of the molecule is Cc1ccc(F)c(C(Cl)c2sc(C)cc2C)c1. The van der Waals surface area contributed by atoms with E-state index in [1.165, 1.54) is 10.9 Å². The van der Waals surface area contributed by atoms with Gasteiger partial charge in [-0.25, -0.2) is 4.39 Å². The van der Waals surface area contributed by atoms with Crippen LogP contribution in [0.5, 0.6) is 0 Å². The van der Waals surface area contributed by atoms with E-state index in [2.05, 4.69) is 6.07 Å². The van der Waals surface area contributed by atoms with Crippen LogP contribution in [0.1, 0.15) is 31.8 Å². The first-order chi connectivity index (χ1) is 7.99. The number of halogens is 2. The van der Waals surface area contributed by atoms with Gasteiger partial charge in [-0.1, -0.05) is 17.7 Å². The average Bonchev–Trinajstić information content (AvgIpc) is 2.60. The minimum atomic E-state index is -0.395. The Morgan fingerprint density at radius 3 is 2.47 bits per heavy atom. The Kier molecular flexibility index (Phi) is 3.55. The molecule has 1 aromatic heterocycles. The van der Waals surface area contributed by atoms with E-state index >= 15 is 0 Å². The predicted octanol–water partition coefficient (Wildman–Crippen LogP) is 5.14. The third kappa shape index (κ3) is 2.53. The molecule has 90 valence electrons. The normalized spacial score (nSPS) is 12.8. The van der Waals surface area contributed by atoms with Gasteiger partial charge in [0.1, 0.15) is 5.82 Å². The second kappa shape index (κ2) is 4.79. The maximum atomic E-state index is 13.8. The van der Waals surface area contributed by atoms with Gasteiger partial charge in [-0.05, 0) is 38.5 Å². The van der Waals surface area contributed by atoms with E-state index in [4.69, 9.17) is 11.6 Å². The Bertz CT molecular complexity index is 545. The fraction of sp³-hybridized carbons (Fsp3) is 0.286. The molecule has 2 rings (SSSR count). The van der Waals surface area contributed by atoms with Gasteiger partial charge in [-0.3, -0.25) is 0 Å². The van der Waals surface area contributed by atoms with Crippen LogP contribution < -0.4 is 0 Å². The molecule has 2 aromatic rings. The molecule has 1 aromatic carbocycles. The van der Waals surface area contributed by atoms with E-state index in [1.807, 2.05) is 26.8 Å². The van der Waals surface area contributed by atoms with Crippen LogP contribution >= 0.6 is 22.9 Å². The minimum absolute atomic E-state index is 0.235. The molecule has 0 saturated carbocycles. The summed E-state index contributed by atoms with van der Waals surface area (Å²) in [5, 5.41) is -0.395. The Morgan fingerprint density at radius 1 is 1.18 bits per heavy atom. The maximum Gasteiger partial charge on any atom is 0.128 e. The van der Waals surface area contributed by atoms with Crippen molar-refractivity contribution in [3.8, 4) is 0 Å². The molecule has 0 nitrogen and oxygen atoms in total. The van der Waals surface area contributed by atoms with E-state index in [9.17, 15) is 4.39 Å². The highest BCUT2D eigenvalue weighted by atomic mass is 35.5. The first kappa shape index (κ1) is 12.6.